The van der Waals surface area contributed by atoms with Crippen molar-refractivity contribution >= 4 is 21.5 Å². The summed E-state index contributed by atoms with van der Waals surface area (Å²) < 4.78 is 0. The molecule has 1 spiro atoms. The second kappa shape index (κ2) is 7.92. The molecule has 0 radical (unpaired) electrons. The van der Waals surface area contributed by atoms with Gasteiger partial charge in [-0.1, -0.05) is 110 Å². The lowest BCUT2D eigenvalue weighted by molar-refractivity contribution is 0.550. The van der Waals surface area contributed by atoms with Gasteiger partial charge in [-0.05, 0) is 103 Å². The second-order valence-electron chi connectivity index (χ2n) is 10.9. The van der Waals surface area contributed by atoms with Gasteiger partial charge >= 0.3 is 0 Å². The second-order valence-corrected chi connectivity index (χ2v) is 10.9. The zero-order valence-electron chi connectivity index (χ0n) is 20.9. The first kappa shape index (κ1) is 21.0. The van der Waals surface area contributed by atoms with E-state index in [4.69, 9.17) is 0 Å². The zero-order valence-corrected chi connectivity index (χ0v) is 20.9. The molecule has 0 amide bonds. The lowest BCUT2D eigenvalue weighted by Gasteiger charge is -2.27. The maximum atomic E-state index is 2.51. The summed E-state index contributed by atoms with van der Waals surface area (Å²) in [6.07, 6.45) is 5.10. The summed E-state index contributed by atoms with van der Waals surface area (Å²) in [6.45, 7) is 0. The van der Waals surface area contributed by atoms with Gasteiger partial charge in [0.2, 0.25) is 0 Å². The predicted molar refractivity (Wildman–Crippen MR) is 157 cm³/mol. The zero-order chi connectivity index (χ0) is 24.4. The average Bonchev–Trinajstić information content (AvgIpc) is 3.56. The smallest absolute Gasteiger partial charge is 0.0215 e. The number of hydrogen-bond donors (Lipinski definition) is 0. The van der Waals surface area contributed by atoms with E-state index in [2.05, 4.69) is 121 Å². The van der Waals surface area contributed by atoms with Gasteiger partial charge in [0.05, 0.1) is 0 Å². The van der Waals surface area contributed by atoms with Crippen molar-refractivity contribution in [3.05, 3.63) is 132 Å². The lowest BCUT2D eigenvalue weighted by atomic mass is 9.75. The standard InChI is InChI=1S/C37H28/c1-3-9-27-21-29(13-11-25(27)7-1)31-15-17-33-34-18-16-32(30-14-12-26-8-2-4-10-28(26)22-30)24-36(34)37(35(33)23-31)19-5-6-20-37/h1-4,7-18,21-24H,5-6,19-20H2. The van der Waals surface area contributed by atoms with Gasteiger partial charge in [-0.25, -0.2) is 0 Å². The number of benzene rings is 6. The van der Waals surface area contributed by atoms with E-state index in [0.29, 0.717) is 0 Å². The highest BCUT2D eigenvalue weighted by Crippen LogP contribution is 2.58. The Morgan fingerprint density at radius 2 is 0.784 bits per heavy atom. The van der Waals surface area contributed by atoms with Crippen LogP contribution in [0.5, 0.6) is 0 Å². The molecule has 176 valence electrons. The van der Waals surface area contributed by atoms with Crippen molar-refractivity contribution in [3.63, 3.8) is 0 Å². The molecule has 1 saturated carbocycles. The fraction of sp³-hybridized carbons (Fsp3) is 0.135. The third-order valence-electron chi connectivity index (χ3n) is 8.98. The van der Waals surface area contributed by atoms with E-state index in [0.717, 1.165) is 0 Å². The molecule has 2 aliphatic carbocycles. The van der Waals surface area contributed by atoms with Gasteiger partial charge in [-0.15, -0.1) is 0 Å². The summed E-state index contributed by atoms with van der Waals surface area (Å²) in [5, 5.41) is 5.21. The van der Waals surface area contributed by atoms with E-state index in [1.807, 2.05) is 0 Å². The van der Waals surface area contributed by atoms with Gasteiger partial charge in [-0.2, -0.15) is 0 Å². The minimum atomic E-state index is 0.143. The third-order valence-corrected chi connectivity index (χ3v) is 8.98. The van der Waals surface area contributed by atoms with Crippen molar-refractivity contribution in [3.8, 4) is 33.4 Å². The van der Waals surface area contributed by atoms with Gasteiger partial charge < -0.3 is 0 Å². The Labute approximate surface area is 218 Å². The molecule has 0 aliphatic heterocycles. The monoisotopic (exact) mass is 472 g/mol. The van der Waals surface area contributed by atoms with E-state index in [1.165, 1.54) is 80.6 Å². The van der Waals surface area contributed by atoms with Crippen molar-refractivity contribution in [1.82, 2.24) is 0 Å². The summed E-state index contributed by atoms with van der Waals surface area (Å²) in [6, 6.07) is 45.6. The third kappa shape index (κ3) is 3.15. The van der Waals surface area contributed by atoms with Gasteiger partial charge in [-0.3, -0.25) is 0 Å². The normalized spacial score (nSPS) is 15.4. The Kier molecular flexibility index (Phi) is 4.49. The first-order valence-electron chi connectivity index (χ1n) is 13.6. The summed E-state index contributed by atoms with van der Waals surface area (Å²) >= 11 is 0. The molecule has 0 atom stereocenters. The fourth-order valence-electron chi connectivity index (χ4n) is 7.11. The fourth-order valence-corrected chi connectivity index (χ4v) is 7.11. The minimum Gasteiger partial charge on any atom is -0.0616 e. The first-order valence-corrected chi connectivity index (χ1v) is 13.6. The van der Waals surface area contributed by atoms with Gasteiger partial charge in [0, 0.05) is 5.41 Å². The van der Waals surface area contributed by atoms with Crippen molar-refractivity contribution in [2.24, 2.45) is 0 Å². The van der Waals surface area contributed by atoms with Crippen LogP contribution in [0.4, 0.5) is 0 Å². The van der Waals surface area contributed by atoms with Crippen molar-refractivity contribution < 1.29 is 0 Å². The SMILES string of the molecule is c1ccc2cc(-c3ccc4c(c3)C3(CCCC3)c3cc(-c5ccc6ccccc6c5)ccc3-4)ccc2c1. The van der Waals surface area contributed by atoms with Crippen LogP contribution in [0.25, 0.3) is 54.9 Å². The Balaban J connectivity index is 1.27. The van der Waals surface area contributed by atoms with Gasteiger partial charge in [0.25, 0.3) is 0 Å². The minimum absolute atomic E-state index is 0.143. The summed E-state index contributed by atoms with van der Waals surface area (Å²) in [5.41, 5.74) is 11.4. The topological polar surface area (TPSA) is 0 Å². The number of rotatable bonds is 2. The van der Waals surface area contributed by atoms with Crippen molar-refractivity contribution in [2.75, 3.05) is 0 Å². The van der Waals surface area contributed by atoms with Crippen LogP contribution in [0.15, 0.2) is 121 Å². The Hall–Kier alpha value is -4.16. The van der Waals surface area contributed by atoms with Crippen LogP contribution >= 0.6 is 0 Å². The quantitative estimate of drug-likeness (QED) is 0.235. The van der Waals surface area contributed by atoms with Crippen LogP contribution in [-0.4, -0.2) is 0 Å². The molecule has 6 aromatic carbocycles. The van der Waals surface area contributed by atoms with E-state index < -0.39 is 0 Å². The van der Waals surface area contributed by atoms with Crippen LogP contribution in [0.3, 0.4) is 0 Å². The molecule has 0 N–H and O–H groups in total. The maximum Gasteiger partial charge on any atom is 0.0215 e. The molecule has 6 aromatic rings. The molecule has 8 rings (SSSR count). The highest BCUT2D eigenvalue weighted by atomic mass is 14.5. The van der Waals surface area contributed by atoms with Crippen LogP contribution < -0.4 is 0 Å². The molecule has 0 unspecified atom stereocenters. The Morgan fingerprint density at radius 1 is 0.378 bits per heavy atom. The Bertz CT molecular complexity index is 1700. The van der Waals surface area contributed by atoms with E-state index in [1.54, 1.807) is 11.1 Å². The van der Waals surface area contributed by atoms with Crippen molar-refractivity contribution in [2.45, 2.75) is 31.1 Å². The molecular formula is C37H28. The predicted octanol–water partition coefficient (Wildman–Crippen LogP) is 10.2. The number of fused-ring (bicyclic) bond motifs is 7. The first-order chi connectivity index (χ1) is 18.3. The molecule has 0 saturated heterocycles. The largest absolute Gasteiger partial charge is 0.0616 e. The maximum absolute atomic E-state index is 2.51. The molecule has 0 heteroatoms. The average molecular weight is 473 g/mol. The van der Waals surface area contributed by atoms with E-state index >= 15 is 0 Å². The summed E-state index contributed by atoms with van der Waals surface area (Å²) in [7, 11) is 0. The molecule has 0 aromatic heterocycles. The van der Waals surface area contributed by atoms with Crippen molar-refractivity contribution in [1.29, 1.82) is 0 Å². The highest BCUT2D eigenvalue weighted by molar-refractivity contribution is 5.91. The van der Waals surface area contributed by atoms with E-state index in [9.17, 15) is 0 Å². The van der Waals surface area contributed by atoms with Crippen LogP contribution in [0.2, 0.25) is 0 Å². The molecule has 1 fully saturated rings. The van der Waals surface area contributed by atoms with Crippen LogP contribution in [0.1, 0.15) is 36.8 Å². The van der Waals surface area contributed by atoms with Crippen LogP contribution in [-0.2, 0) is 5.41 Å². The van der Waals surface area contributed by atoms with E-state index in [-0.39, 0.29) is 5.41 Å². The molecule has 0 bridgehead atoms. The summed E-state index contributed by atoms with van der Waals surface area (Å²) in [5.74, 6) is 0. The molecule has 2 aliphatic rings. The molecule has 37 heavy (non-hydrogen) atoms. The van der Waals surface area contributed by atoms with Crippen LogP contribution in [0, 0.1) is 0 Å². The van der Waals surface area contributed by atoms with Gasteiger partial charge in [0.15, 0.2) is 0 Å². The molecule has 0 nitrogen and oxygen atoms in total. The van der Waals surface area contributed by atoms with Gasteiger partial charge in [0.1, 0.15) is 0 Å². The molecular weight excluding hydrogens is 444 g/mol. The lowest BCUT2D eigenvalue weighted by Crippen LogP contribution is -2.20. The number of hydrogen-bond acceptors (Lipinski definition) is 0. The molecule has 0 heterocycles. The highest BCUT2D eigenvalue weighted by Gasteiger charge is 2.45. The Morgan fingerprint density at radius 3 is 1.27 bits per heavy atom. The summed E-state index contributed by atoms with van der Waals surface area (Å²) in [4.78, 5) is 0.